The molecule has 0 bridgehead atoms. The Morgan fingerprint density at radius 2 is 2.00 bits per heavy atom. The molecule has 22 heavy (non-hydrogen) atoms. The number of hydrogen-bond donors (Lipinski definition) is 1. The van der Waals surface area contributed by atoms with Crippen molar-refractivity contribution in [2.75, 3.05) is 20.8 Å². The summed E-state index contributed by atoms with van der Waals surface area (Å²) < 4.78 is 15.5. The number of ether oxygens (including phenoxy) is 2. The number of rotatable bonds is 7. The normalized spacial score (nSPS) is 10.3. The fraction of sp³-hybridized carbons (Fsp3) is 0.375. The van der Waals surface area contributed by atoms with Crippen LogP contribution in [0.25, 0.3) is 0 Å². The van der Waals surface area contributed by atoms with Crippen molar-refractivity contribution in [1.82, 2.24) is 10.5 Å². The third-order valence-electron chi connectivity index (χ3n) is 3.29. The second-order valence-electron chi connectivity index (χ2n) is 4.73. The number of methoxy groups -OCH3 is 2. The summed E-state index contributed by atoms with van der Waals surface area (Å²) in [6, 6.07) is 7.35. The van der Waals surface area contributed by atoms with E-state index in [0.29, 0.717) is 42.3 Å². The lowest BCUT2D eigenvalue weighted by Crippen LogP contribution is -2.25. The van der Waals surface area contributed by atoms with Gasteiger partial charge in [0.1, 0.15) is 5.76 Å². The predicted octanol–water partition coefficient (Wildman–Crippen LogP) is 2.23. The zero-order valence-corrected chi connectivity index (χ0v) is 13.0. The molecule has 0 saturated heterocycles. The molecule has 2 rings (SSSR count). The first-order valence-electron chi connectivity index (χ1n) is 7.12. The molecule has 0 aliphatic carbocycles. The lowest BCUT2D eigenvalue weighted by molar-refractivity contribution is 0.0945. The largest absolute Gasteiger partial charge is 0.493 e. The fourth-order valence-electron chi connectivity index (χ4n) is 2.03. The van der Waals surface area contributed by atoms with Gasteiger partial charge in [0.05, 0.1) is 14.2 Å². The molecule has 1 aromatic carbocycles. The summed E-state index contributed by atoms with van der Waals surface area (Å²) in [5, 5.41) is 6.56. The maximum Gasteiger partial charge on any atom is 0.273 e. The third-order valence-corrected chi connectivity index (χ3v) is 3.29. The van der Waals surface area contributed by atoms with Crippen LogP contribution in [0.3, 0.4) is 0 Å². The van der Waals surface area contributed by atoms with Gasteiger partial charge in [-0.05, 0) is 24.1 Å². The van der Waals surface area contributed by atoms with Gasteiger partial charge in [-0.15, -0.1) is 0 Å². The van der Waals surface area contributed by atoms with E-state index in [0.717, 1.165) is 5.56 Å². The van der Waals surface area contributed by atoms with Crippen LogP contribution < -0.4 is 14.8 Å². The topological polar surface area (TPSA) is 73.6 Å². The van der Waals surface area contributed by atoms with E-state index in [9.17, 15) is 4.79 Å². The molecule has 1 heterocycles. The maximum atomic E-state index is 11.9. The molecule has 0 atom stereocenters. The van der Waals surface area contributed by atoms with Crippen LogP contribution in [0, 0.1) is 0 Å². The molecule has 0 saturated carbocycles. The summed E-state index contributed by atoms with van der Waals surface area (Å²) in [6.07, 6.45) is 1.40. The smallest absolute Gasteiger partial charge is 0.273 e. The molecule has 1 amide bonds. The number of aromatic nitrogens is 1. The molecular weight excluding hydrogens is 284 g/mol. The monoisotopic (exact) mass is 304 g/mol. The number of benzene rings is 1. The first-order valence-corrected chi connectivity index (χ1v) is 7.12. The number of nitrogens with one attached hydrogen (secondary N) is 1. The van der Waals surface area contributed by atoms with Crippen LogP contribution in [0.5, 0.6) is 11.5 Å². The van der Waals surface area contributed by atoms with Crippen LogP contribution in [-0.4, -0.2) is 31.8 Å². The Morgan fingerprint density at radius 1 is 1.23 bits per heavy atom. The van der Waals surface area contributed by atoms with Crippen molar-refractivity contribution in [2.24, 2.45) is 0 Å². The number of aryl methyl sites for hydroxylation is 1. The molecule has 0 radical (unpaired) electrons. The Morgan fingerprint density at radius 3 is 2.64 bits per heavy atom. The average molecular weight is 304 g/mol. The van der Waals surface area contributed by atoms with Crippen LogP contribution in [-0.2, 0) is 12.8 Å². The Kier molecular flexibility index (Phi) is 5.41. The minimum absolute atomic E-state index is 0.232. The highest BCUT2D eigenvalue weighted by atomic mass is 16.5. The summed E-state index contributed by atoms with van der Waals surface area (Å²) in [5.41, 5.74) is 1.36. The highest BCUT2D eigenvalue weighted by molar-refractivity contribution is 5.92. The van der Waals surface area contributed by atoms with Gasteiger partial charge in [0, 0.05) is 19.0 Å². The minimum atomic E-state index is -0.232. The summed E-state index contributed by atoms with van der Waals surface area (Å²) >= 11 is 0. The SMILES string of the molecule is CCc1cc(C(=O)NCCc2ccc(OC)c(OC)c2)no1. The van der Waals surface area contributed by atoms with E-state index in [1.54, 1.807) is 20.3 Å². The molecule has 6 nitrogen and oxygen atoms in total. The fourth-order valence-corrected chi connectivity index (χ4v) is 2.03. The number of amides is 1. The van der Waals surface area contributed by atoms with Crippen molar-refractivity contribution >= 4 is 5.91 Å². The van der Waals surface area contributed by atoms with Crippen molar-refractivity contribution < 1.29 is 18.8 Å². The summed E-state index contributed by atoms with van der Waals surface area (Å²) in [4.78, 5) is 11.9. The summed E-state index contributed by atoms with van der Waals surface area (Å²) in [6.45, 7) is 2.45. The highest BCUT2D eigenvalue weighted by Gasteiger charge is 2.11. The van der Waals surface area contributed by atoms with Crippen molar-refractivity contribution in [3.63, 3.8) is 0 Å². The minimum Gasteiger partial charge on any atom is -0.493 e. The Labute approximate surface area is 129 Å². The molecule has 6 heteroatoms. The highest BCUT2D eigenvalue weighted by Crippen LogP contribution is 2.27. The lowest BCUT2D eigenvalue weighted by Gasteiger charge is -2.09. The van der Waals surface area contributed by atoms with Gasteiger partial charge >= 0.3 is 0 Å². The average Bonchev–Trinajstić information content (AvgIpc) is 3.03. The summed E-state index contributed by atoms with van der Waals surface area (Å²) in [5.74, 6) is 1.83. The van der Waals surface area contributed by atoms with Gasteiger partial charge in [0.2, 0.25) is 0 Å². The van der Waals surface area contributed by atoms with Gasteiger partial charge in [0.25, 0.3) is 5.91 Å². The first-order chi connectivity index (χ1) is 10.7. The van der Waals surface area contributed by atoms with Crippen molar-refractivity contribution in [3.8, 4) is 11.5 Å². The molecule has 1 aromatic heterocycles. The second-order valence-corrected chi connectivity index (χ2v) is 4.73. The van der Waals surface area contributed by atoms with Gasteiger partial charge in [-0.2, -0.15) is 0 Å². The Hall–Kier alpha value is -2.50. The van der Waals surface area contributed by atoms with Crippen molar-refractivity contribution in [3.05, 3.63) is 41.3 Å². The van der Waals surface area contributed by atoms with E-state index < -0.39 is 0 Å². The van der Waals surface area contributed by atoms with E-state index in [1.165, 1.54) is 0 Å². The Bertz CT molecular complexity index is 637. The Balaban J connectivity index is 1.89. The first kappa shape index (κ1) is 15.9. The molecule has 0 fully saturated rings. The molecule has 1 N–H and O–H groups in total. The zero-order valence-electron chi connectivity index (χ0n) is 13.0. The predicted molar refractivity (Wildman–Crippen MR) is 81.5 cm³/mol. The van der Waals surface area contributed by atoms with E-state index in [2.05, 4.69) is 10.5 Å². The quantitative estimate of drug-likeness (QED) is 0.849. The van der Waals surface area contributed by atoms with E-state index in [4.69, 9.17) is 14.0 Å². The number of carbonyl (C=O) groups excluding carboxylic acids is 1. The molecule has 0 unspecified atom stereocenters. The van der Waals surface area contributed by atoms with Gasteiger partial charge in [-0.1, -0.05) is 18.1 Å². The molecular formula is C16H20N2O4. The van der Waals surface area contributed by atoms with Gasteiger partial charge < -0.3 is 19.3 Å². The number of hydrogen-bond acceptors (Lipinski definition) is 5. The molecule has 2 aromatic rings. The van der Waals surface area contributed by atoms with E-state index >= 15 is 0 Å². The summed E-state index contributed by atoms with van der Waals surface area (Å²) in [7, 11) is 3.19. The standard InChI is InChI=1S/C16H20N2O4/c1-4-12-10-13(18-22-12)16(19)17-8-7-11-5-6-14(20-2)15(9-11)21-3/h5-6,9-10H,4,7-8H2,1-3H3,(H,17,19). The number of nitrogens with zero attached hydrogens (tertiary/aromatic N) is 1. The van der Waals surface area contributed by atoms with Gasteiger partial charge in [-0.3, -0.25) is 4.79 Å². The van der Waals surface area contributed by atoms with Crippen LogP contribution in [0.1, 0.15) is 28.7 Å². The van der Waals surface area contributed by atoms with Crippen LogP contribution >= 0.6 is 0 Å². The zero-order chi connectivity index (χ0) is 15.9. The van der Waals surface area contributed by atoms with E-state index in [-0.39, 0.29) is 5.91 Å². The molecule has 0 aliphatic heterocycles. The third kappa shape index (κ3) is 3.78. The second kappa shape index (κ2) is 7.49. The molecule has 0 spiro atoms. The number of carbonyl (C=O) groups is 1. The van der Waals surface area contributed by atoms with E-state index in [1.807, 2.05) is 25.1 Å². The molecule has 0 aliphatic rings. The van der Waals surface area contributed by atoms with Crippen molar-refractivity contribution in [2.45, 2.75) is 19.8 Å². The van der Waals surface area contributed by atoms with Crippen molar-refractivity contribution in [1.29, 1.82) is 0 Å². The van der Waals surface area contributed by atoms with Gasteiger partial charge in [-0.25, -0.2) is 0 Å². The molecule has 118 valence electrons. The van der Waals surface area contributed by atoms with Crippen LogP contribution in [0.2, 0.25) is 0 Å². The van der Waals surface area contributed by atoms with Crippen LogP contribution in [0.4, 0.5) is 0 Å². The van der Waals surface area contributed by atoms with Gasteiger partial charge in [0.15, 0.2) is 17.2 Å². The maximum absolute atomic E-state index is 11.9. The van der Waals surface area contributed by atoms with Crippen LogP contribution in [0.15, 0.2) is 28.8 Å². The lowest BCUT2D eigenvalue weighted by atomic mass is 10.1.